The molecule has 1 aromatic carbocycles. The van der Waals surface area contributed by atoms with E-state index >= 15 is 0 Å². The third-order valence-electron chi connectivity index (χ3n) is 4.23. The first kappa shape index (κ1) is 12.0. The maximum Gasteiger partial charge on any atom is 0.0442 e. The lowest BCUT2D eigenvalue weighted by atomic mass is 10.1. The average Bonchev–Trinajstić information content (AvgIpc) is 3.23. The highest BCUT2D eigenvalue weighted by atomic mass is 15.3. The van der Waals surface area contributed by atoms with E-state index in [0.29, 0.717) is 6.54 Å². The summed E-state index contributed by atoms with van der Waals surface area (Å²) in [4.78, 5) is 5.17. The van der Waals surface area contributed by atoms with Crippen molar-refractivity contribution >= 4 is 5.69 Å². The summed E-state index contributed by atoms with van der Waals surface area (Å²) in [5.41, 5.74) is 9.91. The largest absolute Gasteiger partial charge is 0.368 e. The van der Waals surface area contributed by atoms with Crippen LogP contribution in [0, 0.1) is 6.92 Å². The number of hydrogen-bond acceptors (Lipinski definition) is 3. The molecule has 2 N–H and O–H groups in total. The maximum absolute atomic E-state index is 5.87. The molecule has 1 aromatic rings. The smallest absolute Gasteiger partial charge is 0.0442 e. The molecule has 2 fully saturated rings. The molecule has 0 atom stereocenters. The van der Waals surface area contributed by atoms with Crippen molar-refractivity contribution in [3.05, 3.63) is 29.3 Å². The van der Waals surface area contributed by atoms with E-state index in [4.69, 9.17) is 5.73 Å². The highest BCUT2D eigenvalue weighted by Gasteiger charge is 2.31. The van der Waals surface area contributed by atoms with Crippen LogP contribution in [-0.2, 0) is 6.54 Å². The van der Waals surface area contributed by atoms with E-state index in [0.717, 1.165) is 19.1 Å². The summed E-state index contributed by atoms with van der Waals surface area (Å²) in [7, 11) is 0. The fourth-order valence-electron chi connectivity index (χ4n) is 3.09. The second-order valence-corrected chi connectivity index (χ2v) is 5.54. The number of rotatable bonds is 3. The van der Waals surface area contributed by atoms with E-state index in [2.05, 4.69) is 34.9 Å². The summed E-state index contributed by atoms with van der Waals surface area (Å²) in [6.45, 7) is 7.55. The van der Waals surface area contributed by atoms with Gasteiger partial charge in [0.2, 0.25) is 0 Å². The third-order valence-corrected chi connectivity index (χ3v) is 4.23. The molecular formula is C15H23N3. The number of piperazine rings is 1. The van der Waals surface area contributed by atoms with Gasteiger partial charge in [0.1, 0.15) is 0 Å². The first-order chi connectivity index (χ1) is 8.79. The van der Waals surface area contributed by atoms with Crippen LogP contribution in [0.2, 0.25) is 0 Å². The zero-order valence-electron chi connectivity index (χ0n) is 11.2. The molecule has 18 heavy (non-hydrogen) atoms. The Balaban J connectivity index is 1.75. The summed E-state index contributed by atoms with van der Waals surface area (Å²) in [6, 6.07) is 7.37. The number of para-hydroxylation sites is 1. The number of nitrogens with two attached hydrogens (primary N) is 1. The number of anilines is 1. The number of hydrogen-bond donors (Lipinski definition) is 1. The molecule has 1 saturated carbocycles. The van der Waals surface area contributed by atoms with Crippen molar-refractivity contribution in [1.82, 2.24) is 4.90 Å². The molecule has 1 aliphatic heterocycles. The van der Waals surface area contributed by atoms with Crippen LogP contribution in [-0.4, -0.2) is 37.1 Å². The molecule has 3 nitrogen and oxygen atoms in total. The van der Waals surface area contributed by atoms with Gasteiger partial charge in [0.15, 0.2) is 0 Å². The van der Waals surface area contributed by atoms with Crippen molar-refractivity contribution in [2.45, 2.75) is 32.4 Å². The molecule has 3 heteroatoms. The van der Waals surface area contributed by atoms with Gasteiger partial charge >= 0.3 is 0 Å². The van der Waals surface area contributed by atoms with Gasteiger partial charge in [0, 0.05) is 44.5 Å². The van der Waals surface area contributed by atoms with Crippen molar-refractivity contribution in [2.75, 3.05) is 31.1 Å². The number of nitrogens with zero attached hydrogens (tertiary/aromatic N) is 2. The quantitative estimate of drug-likeness (QED) is 0.880. The fourth-order valence-corrected chi connectivity index (χ4v) is 3.09. The Morgan fingerprint density at radius 2 is 1.89 bits per heavy atom. The molecule has 0 amide bonds. The Bertz CT molecular complexity index is 418. The molecule has 1 heterocycles. The van der Waals surface area contributed by atoms with Crippen molar-refractivity contribution in [3.8, 4) is 0 Å². The molecule has 1 aliphatic carbocycles. The number of aryl methyl sites for hydroxylation is 1. The summed E-state index contributed by atoms with van der Waals surface area (Å²) in [6.07, 6.45) is 2.83. The Morgan fingerprint density at radius 1 is 1.17 bits per heavy atom. The third kappa shape index (κ3) is 2.25. The second-order valence-electron chi connectivity index (χ2n) is 5.54. The first-order valence-corrected chi connectivity index (χ1v) is 7.07. The topological polar surface area (TPSA) is 32.5 Å². The van der Waals surface area contributed by atoms with Crippen LogP contribution in [0.1, 0.15) is 24.0 Å². The predicted octanol–water partition coefficient (Wildman–Crippen LogP) is 1.74. The molecule has 0 unspecified atom stereocenters. The van der Waals surface area contributed by atoms with Gasteiger partial charge in [-0.25, -0.2) is 0 Å². The Labute approximate surface area is 110 Å². The van der Waals surface area contributed by atoms with Crippen LogP contribution >= 0.6 is 0 Å². The zero-order valence-corrected chi connectivity index (χ0v) is 11.2. The van der Waals surface area contributed by atoms with Gasteiger partial charge in [-0.15, -0.1) is 0 Å². The molecule has 0 radical (unpaired) electrons. The van der Waals surface area contributed by atoms with Crippen molar-refractivity contribution < 1.29 is 0 Å². The summed E-state index contributed by atoms with van der Waals surface area (Å²) >= 11 is 0. The monoisotopic (exact) mass is 245 g/mol. The lowest BCUT2D eigenvalue weighted by molar-refractivity contribution is 0.248. The van der Waals surface area contributed by atoms with E-state index in [-0.39, 0.29) is 0 Å². The van der Waals surface area contributed by atoms with Crippen molar-refractivity contribution in [1.29, 1.82) is 0 Å². The molecule has 0 aromatic heterocycles. The average molecular weight is 245 g/mol. The highest BCUT2D eigenvalue weighted by molar-refractivity contribution is 5.59. The minimum Gasteiger partial charge on any atom is -0.368 e. The van der Waals surface area contributed by atoms with Crippen LogP contribution in [0.3, 0.4) is 0 Å². The van der Waals surface area contributed by atoms with Gasteiger partial charge in [0.05, 0.1) is 0 Å². The Kier molecular flexibility index (Phi) is 3.27. The predicted molar refractivity (Wildman–Crippen MR) is 75.9 cm³/mol. The molecular weight excluding hydrogens is 222 g/mol. The normalized spacial score (nSPS) is 21.3. The summed E-state index contributed by atoms with van der Waals surface area (Å²) in [5.74, 6) is 0. The highest BCUT2D eigenvalue weighted by Crippen LogP contribution is 2.30. The van der Waals surface area contributed by atoms with E-state index in [1.54, 1.807) is 0 Å². The van der Waals surface area contributed by atoms with Crippen LogP contribution in [0.15, 0.2) is 18.2 Å². The summed E-state index contributed by atoms with van der Waals surface area (Å²) in [5, 5.41) is 0. The summed E-state index contributed by atoms with van der Waals surface area (Å²) < 4.78 is 0. The van der Waals surface area contributed by atoms with E-state index in [9.17, 15) is 0 Å². The minimum absolute atomic E-state index is 0.639. The van der Waals surface area contributed by atoms with Gasteiger partial charge in [-0.1, -0.05) is 18.2 Å². The molecule has 0 bridgehead atoms. The van der Waals surface area contributed by atoms with E-state index in [1.807, 2.05) is 0 Å². The van der Waals surface area contributed by atoms with Gasteiger partial charge in [0.25, 0.3) is 0 Å². The van der Waals surface area contributed by atoms with E-state index < -0.39 is 0 Å². The SMILES string of the molecule is Cc1cccc(CN)c1N1CCN(C2CC2)CC1. The van der Waals surface area contributed by atoms with Crippen LogP contribution in [0.5, 0.6) is 0 Å². The molecule has 0 spiro atoms. The van der Waals surface area contributed by atoms with Crippen LogP contribution < -0.4 is 10.6 Å². The minimum atomic E-state index is 0.639. The van der Waals surface area contributed by atoms with Gasteiger partial charge < -0.3 is 10.6 Å². The standard InChI is InChI=1S/C15H23N3/c1-12-3-2-4-13(11-16)15(12)18-9-7-17(8-10-18)14-5-6-14/h2-4,14H,5-11,16H2,1H3. The number of benzene rings is 1. The second kappa shape index (κ2) is 4.90. The Morgan fingerprint density at radius 3 is 2.50 bits per heavy atom. The van der Waals surface area contributed by atoms with Crippen molar-refractivity contribution in [2.24, 2.45) is 5.73 Å². The molecule has 1 saturated heterocycles. The lowest BCUT2D eigenvalue weighted by Crippen LogP contribution is -2.47. The fraction of sp³-hybridized carbons (Fsp3) is 0.600. The first-order valence-electron chi connectivity index (χ1n) is 7.07. The van der Waals surface area contributed by atoms with Crippen LogP contribution in [0.4, 0.5) is 5.69 Å². The van der Waals surface area contributed by atoms with Gasteiger partial charge in [-0.2, -0.15) is 0 Å². The van der Waals surface area contributed by atoms with Gasteiger partial charge in [-0.05, 0) is 30.9 Å². The van der Waals surface area contributed by atoms with Crippen molar-refractivity contribution in [3.63, 3.8) is 0 Å². The zero-order chi connectivity index (χ0) is 12.5. The van der Waals surface area contributed by atoms with E-state index in [1.165, 1.54) is 42.7 Å². The van der Waals surface area contributed by atoms with Gasteiger partial charge in [-0.3, -0.25) is 4.90 Å². The maximum atomic E-state index is 5.87. The Hall–Kier alpha value is -1.06. The molecule has 2 aliphatic rings. The van der Waals surface area contributed by atoms with Crippen LogP contribution in [0.25, 0.3) is 0 Å². The molecule has 3 rings (SSSR count). The molecule has 98 valence electrons. The lowest BCUT2D eigenvalue weighted by Gasteiger charge is -2.37.